The highest BCUT2D eigenvalue weighted by molar-refractivity contribution is 7.99. The number of unbranched alkanes of at least 4 members (excludes halogenated alkanes) is 2. The van der Waals surface area contributed by atoms with Crippen LogP contribution in [0.2, 0.25) is 0 Å². The largest absolute Gasteiger partial charge is 0.355 e. The topological polar surface area (TPSA) is 41.1 Å². The van der Waals surface area contributed by atoms with Crippen LogP contribution in [0.15, 0.2) is 0 Å². The molecule has 3 nitrogen and oxygen atoms in total. The Morgan fingerprint density at radius 1 is 1.24 bits per heavy atom. The lowest BCUT2D eigenvalue weighted by molar-refractivity contribution is -0.122. The molecule has 0 bridgehead atoms. The second-order valence-electron chi connectivity index (χ2n) is 4.51. The van der Waals surface area contributed by atoms with E-state index in [1.54, 1.807) is 0 Å². The van der Waals surface area contributed by atoms with E-state index in [-0.39, 0.29) is 11.9 Å². The molecular weight excluding hydrogens is 232 g/mol. The molecule has 102 valence electrons. The molecule has 0 rings (SSSR count). The van der Waals surface area contributed by atoms with Crippen LogP contribution in [0, 0.1) is 0 Å². The summed E-state index contributed by atoms with van der Waals surface area (Å²) in [4.78, 5) is 11.7. The first-order valence-electron chi connectivity index (χ1n) is 6.65. The Labute approximate surface area is 111 Å². The summed E-state index contributed by atoms with van der Waals surface area (Å²) in [6.45, 7) is 8.02. The number of nitrogens with one attached hydrogen (secondary N) is 2. The summed E-state index contributed by atoms with van der Waals surface area (Å²) in [6, 6.07) is -0.0781. The molecule has 0 aromatic carbocycles. The molecule has 0 aliphatic heterocycles. The van der Waals surface area contributed by atoms with Gasteiger partial charge in [0.2, 0.25) is 5.91 Å². The fraction of sp³-hybridized carbons (Fsp3) is 0.923. The van der Waals surface area contributed by atoms with E-state index in [1.165, 1.54) is 12.8 Å². The maximum Gasteiger partial charge on any atom is 0.236 e. The van der Waals surface area contributed by atoms with Crippen LogP contribution >= 0.6 is 11.8 Å². The number of rotatable bonds is 10. The highest BCUT2D eigenvalue weighted by Gasteiger charge is 2.11. The SMILES string of the molecule is CCCCCNC(=O)C(C)NCCC(C)SC. The normalized spacial score (nSPS) is 14.4. The minimum atomic E-state index is -0.0781. The molecule has 0 fully saturated rings. The van der Waals surface area contributed by atoms with Crippen LogP contribution < -0.4 is 10.6 Å². The Morgan fingerprint density at radius 3 is 2.53 bits per heavy atom. The van der Waals surface area contributed by atoms with Gasteiger partial charge in [-0.15, -0.1) is 0 Å². The van der Waals surface area contributed by atoms with Gasteiger partial charge in [0.25, 0.3) is 0 Å². The Kier molecular flexibility index (Phi) is 10.8. The van der Waals surface area contributed by atoms with Crippen molar-refractivity contribution in [3.05, 3.63) is 0 Å². The lowest BCUT2D eigenvalue weighted by Gasteiger charge is -2.15. The zero-order valence-corrected chi connectivity index (χ0v) is 12.5. The van der Waals surface area contributed by atoms with Gasteiger partial charge in [-0.25, -0.2) is 0 Å². The average Bonchev–Trinajstić information content (AvgIpc) is 2.33. The van der Waals surface area contributed by atoms with Gasteiger partial charge in [0.05, 0.1) is 6.04 Å². The van der Waals surface area contributed by atoms with Crippen molar-refractivity contribution in [2.24, 2.45) is 0 Å². The van der Waals surface area contributed by atoms with Gasteiger partial charge in [-0.1, -0.05) is 26.7 Å². The molecular formula is C13H28N2OS. The molecule has 4 heteroatoms. The van der Waals surface area contributed by atoms with Gasteiger partial charge in [0.1, 0.15) is 0 Å². The smallest absolute Gasteiger partial charge is 0.236 e. The van der Waals surface area contributed by atoms with Crippen molar-refractivity contribution in [3.63, 3.8) is 0 Å². The highest BCUT2D eigenvalue weighted by atomic mass is 32.2. The number of amides is 1. The fourth-order valence-corrected chi connectivity index (χ4v) is 1.81. The monoisotopic (exact) mass is 260 g/mol. The summed E-state index contributed by atoms with van der Waals surface area (Å²) >= 11 is 1.86. The molecule has 0 aromatic heterocycles. The molecule has 2 N–H and O–H groups in total. The molecule has 0 heterocycles. The van der Waals surface area contributed by atoms with E-state index in [0.29, 0.717) is 5.25 Å². The Bertz CT molecular complexity index is 200. The summed E-state index contributed by atoms with van der Waals surface area (Å²) in [5.41, 5.74) is 0. The third-order valence-electron chi connectivity index (χ3n) is 2.88. The van der Waals surface area contributed by atoms with Crippen molar-refractivity contribution < 1.29 is 4.79 Å². The van der Waals surface area contributed by atoms with Gasteiger partial charge in [0, 0.05) is 11.8 Å². The minimum Gasteiger partial charge on any atom is -0.355 e. The lowest BCUT2D eigenvalue weighted by Crippen LogP contribution is -2.43. The second kappa shape index (κ2) is 10.9. The van der Waals surface area contributed by atoms with Crippen LogP contribution in [0.4, 0.5) is 0 Å². The van der Waals surface area contributed by atoms with Crippen molar-refractivity contribution in [1.82, 2.24) is 10.6 Å². The van der Waals surface area contributed by atoms with Gasteiger partial charge in [-0.3, -0.25) is 4.79 Å². The first kappa shape index (κ1) is 16.8. The zero-order chi connectivity index (χ0) is 13.1. The first-order valence-corrected chi connectivity index (χ1v) is 7.94. The Morgan fingerprint density at radius 2 is 1.94 bits per heavy atom. The van der Waals surface area contributed by atoms with Crippen molar-refractivity contribution in [2.45, 2.75) is 57.7 Å². The molecule has 0 aliphatic carbocycles. The third-order valence-corrected chi connectivity index (χ3v) is 3.92. The number of thioether (sulfide) groups is 1. The van der Waals surface area contributed by atoms with E-state index in [1.807, 2.05) is 18.7 Å². The third kappa shape index (κ3) is 9.48. The first-order chi connectivity index (χ1) is 8.11. The predicted octanol–water partition coefficient (Wildman–Crippen LogP) is 2.41. The lowest BCUT2D eigenvalue weighted by atomic mass is 10.2. The van der Waals surface area contributed by atoms with Crippen molar-refractivity contribution in [1.29, 1.82) is 0 Å². The van der Waals surface area contributed by atoms with Gasteiger partial charge >= 0.3 is 0 Å². The maximum absolute atomic E-state index is 11.7. The van der Waals surface area contributed by atoms with E-state index in [0.717, 1.165) is 25.9 Å². The molecule has 1 amide bonds. The van der Waals surface area contributed by atoms with Crippen LogP contribution in [0.3, 0.4) is 0 Å². The molecule has 0 radical (unpaired) electrons. The van der Waals surface area contributed by atoms with Crippen LogP contribution in [-0.2, 0) is 4.79 Å². The van der Waals surface area contributed by atoms with Crippen LogP contribution in [0.1, 0.15) is 46.5 Å². The van der Waals surface area contributed by atoms with Crippen LogP contribution in [-0.4, -0.2) is 36.5 Å². The quantitative estimate of drug-likeness (QED) is 0.593. The van der Waals surface area contributed by atoms with E-state index in [4.69, 9.17) is 0 Å². The molecule has 0 aliphatic rings. The standard InChI is InChI=1S/C13H28N2OS/c1-5-6-7-9-15-13(16)12(3)14-10-8-11(2)17-4/h11-12,14H,5-10H2,1-4H3,(H,15,16). The summed E-state index contributed by atoms with van der Waals surface area (Å²) in [5, 5.41) is 6.88. The van der Waals surface area contributed by atoms with Crippen molar-refractivity contribution >= 4 is 17.7 Å². The molecule has 17 heavy (non-hydrogen) atoms. The van der Waals surface area contributed by atoms with Gasteiger partial charge in [-0.2, -0.15) is 11.8 Å². The highest BCUT2D eigenvalue weighted by Crippen LogP contribution is 2.08. The van der Waals surface area contributed by atoms with Gasteiger partial charge in [0.15, 0.2) is 0 Å². The van der Waals surface area contributed by atoms with Gasteiger partial charge < -0.3 is 10.6 Å². The molecule has 0 spiro atoms. The van der Waals surface area contributed by atoms with Crippen LogP contribution in [0.25, 0.3) is 0 Å². The summed E-state index contributed by atoms with van der Waals surface area (Å²) in [7, 11) is 0. The molecule has 2 atom stereocenters. The summed E-state index contributed by atoms with van der Waals surface area (Å²) in [6.07, 6.45) is 6.69. The summed E-state index contributed by atoms with van der Waals surface area (Å²) in [5.74, 6) is 0.123. The molecule has 0 aromatic rings. The minimum absolute atomic E-state index is 0.0781. The maximum atomic E-state index is 11.7. The number of carbonyl (C=O) groups excluding carboxylic acids is 1. The molecule has 2 unspecified atom stereocenters. The van der Waals surface area contributed by atoms with E-state index >= 15 is 0 Å². The molecule has 0 saturated heterocycles. The van der Waals surface area contributed by atoms with Crippen LogP contribution in [0.5, 0.6) is 0 Å². The average molecular weight is 260 g/mol. The number of hydrogen-bond acceptors (Lipinski definition) is 3. The zero-order valence-electron chi connectivity index (χ0n) is 11.7. The van der Waals surface area contributed by atoms with E-state index in [2.05, 4.69) is 30.7 Å². The fourth-order valence-electron chi connectivity index (χ4n) is 1.45. The Hall–Kier alpha value is -0.220. The number of hydrogen-bond donors (Lipinski definition) is 2. The van der Waals surface area contributed by atoms with Crippen molar-refractivity contribution in [3.8, 4) is 0 Å². The predicted molar refractivity (Wildman–Crippen MR) is 77.6 cm³/mol. The second-order valence-corrected chi connectivity index (χ2v) is 5.79. The van der Waals surface area contributed by atoms with E-state index < -0.39 is 0 Å². The summed E-state index contributed by atoms with van der Waals surface area (Å²) < 4.78 is 0. The number of carbonyl (C=O) groups is 1. The van der Waals surface area contributed by atoms with Gasteiger partial charge in [-0.05, 0) is 32.6 Å². The molecule has 0 saturated carbocycles. The van der Waals surface area contributed by atoms with E-state index in [9.17, 15) is 4.79 Å². The van der Waals surface area contributed by atoms with Crippen molar-refractivity contribution in [2.75, 3.05) is 19.3 Å². The Balaban J connectivity index is 3.53.